The fraction of sp³-hybridized carbons (Fsp3) is 0.900. The highest BCUT2D eigenvalue weighted by molar-refractivity contribution is 4.75. The van der Waals surface area contributed by atoms with Crippen LogP contribution in [0.15, 0.2) is 0 Å². The van der Waals surface area contributed by atoms with E-state index in [-0.39, 0.29) is 0 Å². The Balaban J connectivity index is 2.07. The van der Waals surface area contributed by atoms with E-state index < -0.39 is 0 Å². The van der Waals surface area contributed by atoms with Gasteiger partial charge in [-0.25, -0.2) is 0 Å². The summed E-state index contributed by atoms with van der Waals surface area (Å²) in [5.74, 6) is 0.815. The fourth-order valence-corrected chi connectivity index (χ4v) is 1.64. The van der Waals surface area contributed by atoms with Crippen molar-refractivity contribution in [1.29, 1.82) is 5.26 Å². The second-order valence-corrected chi connectivity index (χ2v) is 3.74. The van der Waals surface area contributed by atoms with Crippen LogP contribution in [-0.2, 0) is 4.74 Å². The van der Waals surface area contributed by atoms with Crippen LogP contribution in [0.4, 0.5) is 0 Å². The molecule has 1 rings (SSSR count). The van der Waals surface area contributed by atoms with Gasteiger partial charge in [0.05, 0.1) is 12.6 Å². The maximum Gasteiger partial charge on any atom is 0.0863 e. The van der Waals surface area contributed by atoms with Gasteiger partial charge in [0.1, 0.15) is 0 Å². The van der Waals surface area contributed by atoms with Crippen LogP contribution in [0.5, 0.6) is 0 Å². The van der Waals surface area contributed by atoms with Crippen molar-refractivity contribution in [2.45, 2.75) is 19.3 Å². The van der Waals surface area contributed by atoms with Gasteiger partial charge in [0, 0.05) is 13.2 Å². The Morgan fingerprint density at radius 3 is 2.77 bits per heavy atom. The van der Waals surface area contributed by atoms with Gasteiger partial charge in [-0.3, -0.25) is 4.90 Å². The van der Waals surface area contributed by atoms with Crippen LogP contribution in [0.1, 0.15) is 19.3 Å². The summed E-state index contributed by atoms with van der Waals surface area (Å²) in [7, 11) is 2.00. The number of ether oxygens (including phenoxy) is 1. The largest absolute Gasteiger partial charge is 0.381 e. The molecule has 0 bridgehead atoms. The average molecular weight is 182 g/mol. The Kier molecular flexibility index (Phi) is 4.81. The first kappa shape index (κ1) is 10.5. The van der Waals surface area contributed by atoms with Gasteiger partial charge in [-0.15, -0.1) is 0 Å². The van der Waals surface area contributed by atoms with E-state index in [2.05, 4.69) is 11.0 Å². The maximum atomic E-state index is 8.46. The molecule has 74 valence electrons. The zero-order valence-electron chi connectivity index (χ0n) is 8.33. The number of nitriles is 1. The van der Waals surface area contributed by atoms with Crippen molar-refractivity contribution in [3.05, 3.63) is 0 Å². The molecule has 0 unspecified atom stereocenters. The molecule has 3 nitrogen and oxygen atoms in total. The number of hydrogen-bond acceptors (Lipinski definition) is 3. The van der Waals surface area contributed by atoms with E-state index in [1.807, 2.05) is 7.05 Å². The molecule has 1 heterocycles. The van der Waals surface area contributed by atoms with Crippen LogP contribution in [0.3, 0.4) is 0 Å². The highest BCUT2D eigenvalue weighted by Gasteiger charge is 2.13. The van der Waals surface area contributed by atoms with E-state index in [4.69, 9.17) is 10.00 Å². The second kappa shape index (κ2) is 5.95. The first-order valence-electron chi connectivity index (χ1n) is 4.96. The number of hydrogen-bond donors (Lipinski definition) is 0. The summed E-state index contributed by atoms with van der Waals surface area (Å²) in [5, 5.41) is 8.46. The number of nitrogens with zero attached hydrogens (tertiary/aromatic N) is 2. The molecule has 1 aliphatic rings. The predicted molar refractivity (Wildman–Crippen MR) is 51.3 cm³/mol. The van der Waals surface area contributed by atoms with E-state index in [1.54, 1.807) is 0 Å². The molecule has 0 atom stereocenters. The third kappa shape index (κ3) is 4.25. The van der Waals surface area contributed by atoms with Crippen molar-refractivity contribution < 1.29 is 4.74 Å². The van der Waals surface area contributed by atoms with Crippen molar-refractivity contribution in [3.8, 4) is 6.07 Å². The van der Waals surface area contributed by atoms with E-state index in [0.717, 1.165) is 25.7 Å². The summed E-state index contributed by atoms with van der Waals surface area (Å²) in [4.78, 5) is 2.08. The van der Waals surface area contributed by atoms with Gasteiger partial charge in [0.2, 0.25) is 0 Å². The Bertz CT molecular complexity index is 170. The molecule has 0 radical (unpaired) electrons. The van der Waals surface area contributed by atoms with Gasteiger partial charge >= 0.3 is 0 Å². The summed E-state index contributed by atoms with van der Waals surface area (Å²) in [6, 6.07) is 2.16. The van der Waals surface area contributed by atoms with Crippen molar-refractivity contribution in [1.82, 2.24) is 4.90 Å². The summed E-state index contributed by atoms with van der Waals surface area (Å²) >= 11 is 0. The standard InChI is InChI=1S/C10H18N2O/c1-12(7-5-11)6-2-10-3-8-13-9-4-10/h10H,2-4,6-9H2,1H3. The van der Waals surface area contributed by atoms with Gasteiger partial charge in [0.25, 0.3) is 0 Å². The van der Waals surface area contributed by atoms with E-state index in [9.17, 15) is 0 Å². The van der Waals surface area contributed by atoms with Crippen LogP contribution < -0.4 is 0 Å². The molecule has 3 heteroatoms. The molecule has 0 amide bonds. The Morgan fingerprint density at radius 2 is 2.15 bits per heavy atom. The zero-order chi connectivity index (χ0) is 9.52. The lowest BCUT2D eigenvalue weighted by Gasteiger charge is -2.23. The molecule has 0 aliphatic carbocycles. The molecule has 0 N–H and O–H groups in total. The van der Waals surface area contributed by atoms with E-state index in [1.165, 1.54) is 19.3 Å². The minimum Gasteiger partial charge on any atom is -0.381 e. The molecule has 1 aliphatic heterocycles. The molecule has 1 saturated heterocycles. The van der Waals surface area contributed by atoms with Crippen molar-refractivity contribution >= 4 is 0 Å². The minimum atomic E-state index is 0.545. The monoisotopic (exact) mass is 182 g/mol. The van der Waals surface area contributed by atoms with Gasteiger partial charge in [0.15, 0.2) is 0 Å². The molecule has 0 aromatic rings. The Labute approximate surface area is 80.3 Å². The third-order valence-electron chi connectivity index (χ3n) is 2.60. The quantitative estimate of drug-likeness (QED) is 0.614. The second-order valence-electron chi connectivity index (χ2n) is 3.74. The molecular weight excluding hydrogens is 164 g/mol. The molecule has 0 saturated carbocycles. The summed E-state index contributed by atoms with van der Waals surface area (Å²) in [6.45, 7) is 3.43. The lowest BCUT2D eigenvalue weighted by atomic mass is 9.96. The minimum absolute atomic E-state index is 0.545. The van der Waals surface area contributed by atoms with E-state index in [0.29, 0.717) is 6.54 Å². The highest BCUT2D eigenvalue weighted by atomic mass is 16.5. The molecule has 1 fully saturated rings. The Hall–Kier alpha value is -0.590. The van der Waals surface area contributed by atoms with Gasteiger partial charge in [-0.05, 0) is 38.8 Å². The summed E-state index contributed by atoms with van der Waals surface area (Å²) in [6.07, 6.45) is 3.60. The molecule has 13 heavy (non-hydrogen) atoms. The molecule has 0 spiro atoms. The van der Waals surface area contributed by atoms with Gasteiger partial charge in [-0.1, -0.05) is 0 Å². The van der Waals surface area contributed by atoms with Crippen LogP contribution in [0.2, 0.25) is 0 Å². The van der Waals surface area contributed by atoms with Crippen LogP contribution in [0.25, 0.3) is 0 Å². The van der Waals surface area contributed by atoms with Crippen LogP contribution in [-0.4, -0.2) is 38.3 Å². The molecular formula is C10H18N2O. The smallest absolute Gasteiger partial charge is 0.0863 e. The zero-order valence-corrected chi connectivity index (χ0v) is 8.33. The number of rotatable bonds is 4. The highest BCUT2D eigenvalue weighted by Crippen LogP contribution is 2.18. The topological polar surface area (TPSA) is 36.3 Å². The normalized spacial score (nSPS) is 18.8. The molecule has 0 aromatic carbocycles. The van der Waals surface area contributed by atoms with Crippen molar-refractivity contribution in [2.75, 3.05) is 33.4 Å². The lowest BCUT2D eigenvalue weighted by molar-refractivity contribution is 0.0614. The first-order valence-corrected chi connectivity index (χ1v) is 4.96. The van der Waals surface area contributed by atoms with Crippen molar-refractivity contribution in [3.63, 3.8) is 0 Å². The maximum absolute atomic E-state index is 8.46. The van der Waals surface area contributed by atoms with Gasteiger partial charge in [-0.2, -0.15) is 5.26 Å². The summed E-state index contributed by atoms with van der Waals surface area (Å²) in [5.41, 5.74) is 0. The van der Waals surface area contributed by atoms with Crippen LogP contribution >= 0.6 is 0 Å². The summed E-state index contributed by atoms with van der Waals surface area (Å²) < 4.78 is 5.29. The SMILES string of the molecule is CN(CC#N)CCC1CCOCC1. The molecule has 0 aromatic heterocycles. The average Bonchev–Trinajstić information content (AvgIpc) is 2.17. The lowest BCUT2D eigenvalue weighted by Crippen LogP contribution is -2.24. The van der Waals surface area contributed by atoms with Crippen molar-refractivity contribution in [2.24, 2.45) is 5.92 Å². The third-order valence-corrected chi connectivity index (χ3v) is 2.60. The fourth-order valence-electron chi connectivity index (χ4n) is 1.64. The van der Waals surface area contributed by atoms with Gasteiger partial charge < -0.3 is 4.74 Å². The van der Waals surface area contributed by atoms with Crippen LogP contribution in [0, 0.1) is 17.2 Å². The van der Waals surface area contributed by atoms with E-state index >= 15 is 0 Å². The predicted octanol–water partition coefficient (Wildman–Crippen LogP) is 1.26. The first-order chi connectivity index (χ1) is 6.33. The Morgan fingerprint density at radius 1 is 1.46 bits per heavy atom.